The summed E-state index contributed by atoms with van der Waals surface area (Å²) in [6, 6.07) is 0. The van der Waals surface area contributed by atoms with Crippen molar-refractivity contribution in [2.45, 2.75) is 77.7 Å². The third-order valence-electron chi connectivity index (χ3n) is 4.16. The molecule has 0 spiro atoms. The standard InChI is InChI=1S/C15H29NO2/c1-3-4-5-6-9-13(2)18-14(17)15(12-16)10-7-8-11-15/h13H,3-12,16H2,1-2H3. The maximum atomic E-state index is 12.2. The monoisotopic (exact) mass is 255 g/mol. The minimum absolute atomic E-state index is 0.0402. The third kappa shape index (κ3) is 4.27. The van der Waals surface area contributed by atoms with Crippen molar-refractivity contribution < 1.29 is 9.53 Å². The zero-order valence-electron chi connectivity index (χ0n) is 12.0. The molecule has 106 valence electrons. The van der Waals surface area contributed by atoms with Gasteiger partial charge in [-0.2, -0.15) is 0 Å². The van der Waals surface area contributed by atoms with Crippen LogP contribution in [-0.4, -0.2) is 18.6 Å². The second-order valence-electron chi connectivity index (χ2n) is 5.76. The summed E-state index contributed by atoms with van der Waals surface area (Å²) in [5.74, 6) is -0.0505. The van der Waals surface area contributed by atoms with Crippen LogP contribution in [0.15, 0.2) is 0 Å². The number of unbranched alkanes of at least 4 members (excludes halogenated alkanes) is 3. The minimum Gasteiger partial charge on any atom is -0.462 e. The first-order valence-electron chi connectivity index (χ1n) is 7.56. The average Bonchev–Trinajstić information content (AvgIpc) is 2.84. The Morgan fingerprint density at radius 3 is 2.50 bits per heavy atom. The molecular weight excluding hydrogens is 226 g/mol. The summed E-state index contributed by atoms with van der Waals surface area (Å²) in [5, 5.41) is 0. The molecule has 0 amide bonds. The Labute approximate surface area is 111 Å². The fourth-order valence-corrected chi connectivity index (χ4v) is 2.77. The van der Waals surface area contributed by atoms with Crippen LogP contribution in [0.3, 0.4) is 0 Å². The van der Waals surface area contributed by atoms with Crippen molar-refractivity contribution in [2.75, 3.05) is 6.54 Å². The number of hydrogen-bond acceptors (Lipinski definition) is 3. The van der Waals surface area contributed by atoms with Gasteiger partial charge in [0, 0.05) is 6.54 Å². The molecule has 1 rings (SSSR count). The summed E-state index contributed by atoms with van der Waals surface area (Å²) in [4.78, 5) is 12.2. The van der Waals surface area contributed by atoms with Crippen molar-refractivity contribution in [1.29, 1.82) is 0 Å². The van der Waals surface area contributed by atoms with Gasteiger partial charge < -0.3 is 10.5 Å². The molecule has 0 aromatic carbocycles. The van der Waals surface area contributed by atoms with Crippen molar-refractivity contribution in [2.24, 2.45) is 11.1 Å². The highest BCUT2D eigenvalue weighted by Gasteiger charge is 2.41. The van der Waals surface area contributed by atoms with E-state index in [0.29, 0.717) is 6.54 Å². The normalized spacial score (nSPS) is 19.7. The van der Waals surface area contributed by atoms with Crippen molar-refractivity contribution in [3.8, 4) is 0 Å². The first-order chi connectivity index (χ1) is 8.64. The lowest BCUT2D eigenvalue weighted by Crippen LogP contribution is -2.39. The van der Waals surface area contributed by atoms with Gasteiger partial charge in [-0.05, 0) is 32.6 Å². The third-order valence-corrected chi connectivity index (χ3v) is 4.16. The highest BCUT2D eigenvalue weighted by Crippen LogP contribution is 2.38. The van der Waals surface area contributed by atoms with E-state index < -0.39 is 0 Å². The van der Waals surface area contributed by atoms with Crippen LogP contribution in [0.25, 0.3) is 0 Å². The van der Waals surface area contributed by atoms with E-state index in [1.165, 1.54) is 19.3 Å². The highest BCUT2D eigenvalue weighted by atomic mass is 16.5. The van der Waals surface area contributed by atoms with Crippen LogP contribution in [0, 0.1) is 5.41 Å². The summed E-state index contributed by atoms with van der Waals surface area (Å²) < 4.78 is 5.59. The van der Waals surface area contributed by atoms with Gasteiger partial charge in [-0.15, -0.1) is 0 Å². The average molecular weight is 255 g/mol. The van der Waals surface area contributed by atoms with Crippen LogP contribution in [-0.2, 0) is 9.53 Å². The van der Waals surface area contributed by atoms with Crippen molar-refractivity contribution in [3.63, 3.8) is 0 Å². The number of rotatable bonds is 8. The van der Waals surface area contributed by atoms with Gasteiger partial charge in [-0.1, -0.05) is 39.0 Å². The molecule has 0 aromatic rings. The van der Waals surface area contributed by atoms with Gasteiger partial charge in [0.2, 0.25) is 0 Å². The SMILES string of the molecule is CCCCCCC(C)OC(=O)C1(CN)CCCC1. The fraction of sp³-hybridized carbons (Fsp3) is 0.933. The van der Waals surface area contributed by atoms with Gasteiger partial charge in [0.15, 0.2) is 0 Å². The van der Waals surface area contributed by atoms with E-state index >= 15 is 0 Å². The Hall–Kier alpha value is -0.570. The Morgan fingerprint density at radius 1 is 1.28 bits per heavy atom. The molecule has 3 nitrogen and oxygen atoms in total. The summed E-state index contributed by atoms with van der Waals surface area (Å²) in [6.45, 7) is 4.64. The van der Waals surface area contributed by atoms with Crippen LogP contribution in [0.2, 0.25) is 0 Å². The molecular formula is C15H29NO2. The lowest BCUT2D eigenvalue weighted by atomic mass is 9.86. The number of esters is 1. The van der Waals surface area contributed by atoms with E-state index in [-0.39, 0.29) is 17.5 Å². The molecule has 18 heavy (non-hydrogen) atoms. The number of carbonyl (C=O) groups excluding carboxylic acids is 1. The number of ether oxygens (including phenoxy) is 1. The highest BCUT2D eigenvalue weighted by molar-refractivity contribution is 5.77. The molecule has 0 radical (unpaired) electrons. The molecule has 1 aliphatic rings. The van der Waals surface area contributed by atoms with Crippen LogP contribution < -0.4 is 5.73 Å². The van der Waals surface area contributed by atoms with Crippen molar-refractivity contribution in [1.82, 2.24) is 0 Å². The summed E-state index contributed by atoms with van der Waals surface area (Å²) in [5.41, 5.74) is 5.42. The molecule has 1 unspecified atom stereocenters. The van der Waals surface area contributed by atoms with Gasteiger partial charge >= 0.3 is 5.97 Å². The minimum atomic E-state index is -0.363. The summed E-state index contributed by atoms with van der Waals surface area (Å²) in [6.07, 6.45) is 9.95. The molecule has 2 N–H and O–H groups in total. The Kier molecular flexibility index (Phi) is 6.69. The topological polar surface area (TPSA) is 52.3 Å². The maximum absolute atomic E-state index is 12.2. The molecule has 1 fully saturated rings. The lowest BCUT2D eigenvalue weighted by molar-refractivity contribution is -0.160. The van der Waals surface area contributed by atoms with E-state index in [9.17, 15) is 4.79 Å². The van der Waals surface area contributed by atoms with Gasteiger partial charge in [-0.3, -0.25) is 4.79 Å². The van der Waals surface area contributed by atoms with E-state index in [1.54, 1.807) is 0 Å². The number of nitrogens with two attached hydrogens (primary N) is 1. The fourth-order valence-electron chi connectivity index (χ4n) is 2.77. The number of hydrogen-bond donors (Lipinski definition) is 1. The molecule has 1 saturated carbocycles. The van der Waals surface area contributed by atoms with Crippen LogP contribution >= 0.6 is 0 Å². The second kappa shape index (κ2) is 7.78. The van der Waals surface area contributed by atoms with E-state index in [0.717, 1.165) is 38.5 Å². The lowest BCUT2D eigenvalue weighted by Gasteiger charge is -2.26. The second-order valence-corrected chi connectivity index (χ2v) is 5.76. The molecule has 3 heteroatoms. The predicted octanol–water partition coefficient (Wildman–Crippen LogP) is 3.41. The van der Waals surface area contributed by atoms with E-state index in [4.69, 9.17) is 10.5 Å². The molecule has 1 atom stereocenters. The zero-order valence-corrected chi connectivity index (χ0v) is 12.0. The smallest absolute Gasteiger partial charge is 0.313 e. The van der Waals surface area contributed by atoms with Gasteiger partial charge in [-0.25, -0.2) is 0 Å². The molecule has 1 aliphatic carbocycles. The Balaban J connectivity index is 2.29. The van der Waals surface area contributed by atoms with E-state index in [2.05, 4.69) is 6.92 Å². The quantitative estimate of drug-likeness (QED) is 0.534. The molecule has 0 bridgehead atoms. The zero-order chi connectivity index (χ0) is 13.4. The van der Waals surface area contributed by atoms with Gasteiger partial charge in [0.1, 0.15) is 0 Å². The van der Waals surface area contributed by atoms with Crippen LogP contribution in [0.1, 0.15) is 71.6 Å². The van der Waals surface area contributed by atoms with E-state index in [1.807, 2.05) is 6.92 Å². The maximum Gasteiger partial charge on any atom is 0.313 e. The van der Waals surface area contributed by atoms with Crippen molar-refractivity contribution >= 4 is 5.97 Å². The Bertz CT molecular complexity index is 247. The molecule has 0 heterocycles. The molecule has 0 aliphatic heterocycles. The largest absolute Gasteiger partial charge is 0.462 e. The van der Waals surface area contributed by atoms with Gasteiger partial charge in [0.05, 0.1) is 11.5 Å². The summed E-state index contributed by atoms with van der Waals surface area (Å²) in [7, 11) is 0. The van der Waals surface area contributed by atoms with Crippen LogP contribution in [0.5, 0.6) is 0 Å². The number of carbonyl (C=O) groups is 1. The molecule has 0 saturated heterocycles. The first-order valence-corrected chi connectivity index (χ1v) is 7.56. The van der Waals surface area contributed by atoms with Crippen molar-refractivity contribution in [3.05, 3.63) is 0 Å². The van der Waals surface area contributed by atoms with Crippen LogP contribution in [0.4, 0.5) is 0 Å². The Morgan fingerprint density at radius 2 is 1.94 bits per heavy atom. The summed E-state index contributed by atoms with van der Waals surface area (Å²) >= 11 is 0. The predicted molar refractivity (Wildman–Crippen MR) is 74.3 cm³/mol. The molecule has 0 aromatic heterocycles. The first kappa shape index (κ1) is 15.5. The van der Waals surface area contributed by atoms with Gasteiger partial charge in [0.25, 0.3) is 0 Å².